The van der Waals surface area contributed by atoms with Gasteiger partial charge >= 0.3 is 0 Å². The standard InChI is InChI=1S/C13H16O4/c1-15-9-5-6-11(16-2)10(8-9)13(14)12-4-3-7-17-12/h4-6,8,13-14H,3,7H2,1-2H3. The molecular formula is C13H16O4. The lowest BCUT2D eigenvalue weighted by Crippen LogP contribution is -2.05. The molecule has 0 saturated heterocycles. The van der Waals surface area contributed by atoms with Gasteiger partial charge in [-0.3, -0.25) is 0 Å². The van der Waals surface area contributed by atoms with E-state index in [1.54, 1.807) is 32.4 Å². The monoisotopic (exact) mass is 236 g/mol. The molecule has 4 nitrogen and oxygen atoms in total. The molecule has 0 radical (unpaired) electrons. The van der Waals surface area contributed by atoms with Crippen LogP contribution >= 0.6 is 0 Å². The van der Waals surface area contributed by atoms with Crippen molar-refractivity contribution in [3.8, 4) is 11.5 Å². The molecule has 1 aliphatic heterocycles. The fourth-order valence-electron chi connectivity index (χ4n) is 1.83. The van der Waals surface area contributed by atoms with Crippen molar-refractivity contribution in [2.75, 3.05) is 20.8 Å². The number of ether oxygens (including phenoxy) is 3. The highest BCUT2D eigenvalue weighted by Gasteiger charge is 2.22. The van der Waals surface area contributed by atoms with E-state index >= 15 is 0 Å². The third-order valence-electron chi connectivity index (χ3n) is 2.73. The molecule has 1 atom stereocenters. The maximum atomic E-state index is 10.2. The summed E-state index contributed by atoms with van der Waals surface area (Å²) in [6.45, 7) is 0.624. The second kappa shape index (κ2) is 5.10. The van der Waals surface area contributed by atoms with Gasteiger partial charge in [0.15, 0.2) is 0 Å². The molecule has 0 aliphatic carbocycles. The molecule has 0 bridgehead atoms. The molecule has 2 rings (SSSR count). The number of methoxy groups -OCH3 is 2. The highest BCUT2D eigenvalue weighted by molar-refractivity contribution is 5.43. The third kappa shape index (κ3) is 2.36. The van der Waals surface area contributed by atoms with E-state index in [0.717, 1.165) is 6.42 Å². The van der Waals surface area contributed by atoms with Gasteiger partial charge in [0.25, 0.3) is 0 Å². The molecule has 0 fully saturated rings. The molecule has 1 heterocycles. The molecule has 1 aromatic carbocycles. The SMILES string of the molecule is COc1ccc(OC)c(C(O)C2=CCCO2)c1. The zero-order chi connectivity index (χ0) is 12.3. The Labute approximate surface area is 100 Å². The van der Waals surface area contributed by atoms with Gasteiger partial charge in [0, 0.05) is 12.0 Å². The molecule has 0 spiro atoms. The summed E-state index contributed by atoms with van der Waals surface area (Å²) < 4.78 is 15.7. The first-order valence-corrected chi connectivity index (χ1v) is 5.49. The van der Waals surface area contributed by atoms with E-state index in [0.29, 0.717) is 29.4 Å². The predicted molar refractivity (Wildman–Crippen MR) is 63.2 cm³/mol. The van der Waals surface area contributed by atoms with Crippen LogP contribution in [-0.2, 0) is 4.74 Å². The summed E-state index contributed by atoms with van der Waals surface area (Å²) in [5.74, 6) is 1.88. The second-order valence-corrected chi connectivity index (χ2v) is 3.75. The van der Waals surface area contributed by atoms with E-state index < -0.39 is 6.10 Å². The van der Waals surface area contributed by atoms with Crippen LogP contribution in [0.15, 0.2) is 30.0 Å². The first-order chi connectivity index (χ1) is 8.26. The summed E-state index contributed by atoms with van der Waals surface area (Å²) in [5.41, 5.74) is 0.653. The van der Waals surface area contributed by atoms with Crippen molar-refractivity contribution in [2.45, 2.75) is 12.5 Å². The van der Waals surface area contributed by atoms with Gasteiger partial charge in [0.2, 0.25) is 0 Å². The third-order valence-corrected chi connectivity index (χ3v) is 2.73. The number of hydrogen-bond acceptors (Lipinski definition) is 4. The summed E-state index contributed by atoms with van der Waals surface area (Å²) in [6, 6.07) is 5.32. The lowest BCUT2D eigenvalue weighted by Gasteiger charge is -2.16. The van der Waals surface area contributed by atoms with Crippen LogP contribution in [-0.4, -0.2) is 25.9 Å². The highest BCUT2D eigenvalue weighted by atomic mass is 16.5. The van der Waals surface area contributed by atoms with Crippen LogP contribution in [0.3, 0.4) is 0 Å². The summed E-state index contributed by atoms with van der Waals surface area (Å²) in [6.07, 6.45) is 1.92. The van der Waals surface area contributed by atoms with Gasteiger partial charge in [0.1, 0.15) is 23.4 Å². The second-order valence-electron chi connectivity index (χ2n) is 3.75. The predicted octanol–water partition coefficient (Wildman–Crippen LogP) is 2.04. The zero-order valence-electron chi connectivity index (χ0n) is 9.97. The summed E-state index contributed by atoms with van der Waals surface area (Å²) >= 11 is 0. The Morgan fingerprint density at radius 3 is 2.71 bits per heavy atom. The van der Waals surface area contributed by atoms with Crippen molar-refractivity contribution >= 4 is 0 Å². The topological polar surface area (TPSA) is 47.9 Å². The van der Waals surface area contributed by atoms with E-state index in [4.69, 9.17) is 14.2 Å². The number of rotatable bonds is 4. The van der Waals surface area contributed by atoms with Gasteiger partial charge in [0.05, 0.1) is 20.8 Å². The van der Waals surface area contributed by atoms with Crippen LogP contribution in [0.4, 0.5) is 0 Å². The summed E-state index contributed by atoms with van der Waals surface area (Å²) in [5, 5.41) is 10.2. The molecule has 1 N–H and O–H groups in total. The summed E-state index contributed by atoms with van der Waals surface area (Å²) in [7, 11) is 3.16. The Morgan fingerprint density at radius 1 is 1.29 bits per heavy atom. The van der Waals surface area contributed by atoms with Crippen LogP contribution in [0.1, 0.15) is 18.1 Å². The Kier molecular flexibility index (Phi) is 3.54. The minimum absolute atomic E-state index is 0.580. The molecule has 17 heavy (non-hydrogen) atoms. The Morgan fingerprint density at radius 2 is 2.12 bits per heavy atom. The highest BCUT2D eigenvalue weighted by Crippen LogP contribution is 2.34. The van der Waals surface area contributed by atoms with E-state index in [-0.39, 0.29) is 0 Å². The molecular weight excluding hydrogens is 220 g/mol. The Bertz CT molecular complexity index is 425. The zero-order valence-corrected chi connectivity index (χ0v) is 9.97. The number of hydrogen-bond donors (Lipinski definition) is 1. The first-order valence-electron chi connectivity index (χ1n) is 5.49. The molecule has 92 valence electrons. The fourth-order valence-corrected chi connectivity index (χ4v) is 1.83. The van der Waals surface area contributed by atoms with Crippen LogP contribution in [0, 0.1) is 0 Å². The van der Waals surface area contributed by atoms with Gasteiger partial charge in [-0.2, -0.15) is 0 Å². The molecule has 0 aromatic heterocycles. The van der Waals surface area contributed by atoms with Gasteiger partial charge in [-0.05, 0) is 24.3 Å². The number of aliphatic hydroxyl groups excluding tert-OH is 1. The molecule has 0 saturated carbocycles. The molecule has 4 heteroatoms. The minimum Gasteiger partial charge on any atom is -0.497 e. The quantitative estimate of drug-likeness (QED) is 0.869. The number of benzene rings is 1. The molecule has 1 aromatic rings. The van der Waals surface area contributed by atoms with Crippen molar-refractivity contribution in [3.05, 3.63) is 35.6 Å². The van der Waals surface area contributed by atoms with Crippen molar-refractivity contribution in [2.24, 2.45) is 0 Å². The minimum atomic E-state index is -0.803. The summed E-state index contributed by atoms with van der Waals surface area (Å²) in [4.78, 5) is 0. The van der Waals surface area contributed by atoms with Crippen LogP contribution < -0.4 is 9.47 Å². The van der Waals surface area contributed by atoms with Gasteiger partial charge < -0.3 is 19.3 Å². The lowest BCUT2D eigenvalue weighted by atomic mass is 10.1. The molecule has 1 unspecified atom stereocenters. The average Bonchev–Trinajstić information content (AvgIpc) is 2.91. The average molecular weight is 236 g/mol. The maximum absolute atomic E-state index is 10.2. The number of aliphatic hydroxyl groups is 1. The van der Waals surface area contributed by atoms with Crippen LogP contribution in [0.2, 0.25) is 0 Å². The molecule has 0 amide bonds. The van der Waals surface area contributed by atoms with E-state index in [9.17, 15) is 5.11 Å². The van der Waals surface area contributed by atoms with Crippen LogP contribution in [0.5, 0.6) is 11.5 Å². The maximum Gasteiger partial charge on any atom is 0.139 e. The van der Waals surface area contributed by atoms with E-state index in [1.807, 2.05) is 6.08 Å². The van der Waals surface area contributed by atoms with E-state index in [2.05, 4.69) is 0 Å². The largest absolute Gasteiger partial charge is 0.497 e. The van der Waals surface area contributed by atoms with Gasteiger partial charge in [-0.25, -0.2) is 0 Å². The Hall–Kier alpha value is -1.68. The van der Waals surface area contributed by atoms with Gasteiger partial charge in [-0.1, -0.05) is 0 Å². The molecule has 1 aliphatic rings. The first kappa shape index (κ1) is 11.8. The smallest absolute Gasteiger partial charge is 0.139 e. The van der Waals surface area contributed by atoms with Crippen LogP contribution in [0.25, 0.3) is 0 Å². The fraction of sp³-hybridized carbons (Fsp3) is 0.385. The normalized spacial score (nSPS) is 16.1. The van der Waals surface area contributed by atoms with Gasteiger partial charge in [-0.15, -0.1) is 0 Å². The van der Waals surface area contributed by atoms with E-state index in [1.165, 1.54) is 0 Å². The Balaban J connectivity index is 2.34. The van der Waals surface area contributed by atoms with Crippen molar-refractivity contribution < 1.29 is 19.3 Å². The van der Waals surface area contributed by atoms with Crippen molar-refractivity contribution in [1.82, 2.24) is 0 Å². The lowest BCUT2D eigenvalue weighted by molar-refractivity contribution is 0.116. The van der Waals surface area contributed by atoms with Crippen molar-refractivity contribution in [3.63, 3.8) is 0 Å². The van der Waals surface area contributed by atoms with Crippen molar-refractivity contribution in [1.29, 1.82) is 0 Å².